The maximum atomic E-state index is 5.71. The quantitative estimate of drug-likeness (QED) is 0.696. The molecule has 0 bridgehead atoms. The molecule has 1 heterocycles. The van der Waals surface area contributed by atoms with Gasteiger partial charge in [-0.05, 0) is 37.6 Å². The van der Waals surface area contributed by atoms with Gasteiger partial charge in [0.25, 0.3) is 5.89 Å². The number of hydrogen-bond donors (Lipinski definition) is 1. The maximum absolute atomic E-state index is 5.71. The molecule has 0 radical (unpaired) electrons. The molecule has 4 nitrogen and oxygen atoms in total. The molecule has 2 aromatic rings. The Bertz CT molecular complexity index is 462. The minimum atomic E-state index is 0.533. The first-order chi connectivity index (χ1) is 6.66. The lowest BCUT2D eigenvalue weighted by Crippen LogP contribution is -1.89. The van der Waals surface area contributed by atoms with Crippen molar-refractivity contribution in [3.8, 4) is 11.5 Å². The van der Waals surface area contributed by atoms with Gasteiger partial charge in [-0.1, -0.05) is 5.16 Å². The van der Waals surface area contributed by atoms with E-state index >= 15 is 0 Å². The highest BCUT2D eigenvalue weighted by Gasteiger charge is 2.06. The summed E-state index contributed by atoms with van der Waals surface area (Å²) in [5.41, 5.74) is 8.39. The normalized spacial score (nSPS) is 10.4. The molecule has 0 fully saturated rings. The Balaban J connectivity index is 2.47. The maximum Gasteiger partial charge on any atom is 0.257 e. The second kappa shape index (κ2) is 3.14. The Labute approximate surface area is 81.7 Å². The lowest BCUT2D eigenvalue weighted by Gasteiger charge is -2.00. The summed E-state index contributed by atoms with van der Waals surface area (Å²) in [6.07, 6.45) is 0. The second-order valence-corrected chi connectivity index (χ2v) is 3.22. The third-order valence-corrected chi connectivity index (χ3v) is 2.04. The average Bonchev–Trinajstić information content (AvgIpc) is 2.57. The fourth-order valence-electron chi connectivity index (χ4n) is 1.22. The van der Waals surface area contributed by atoms with Crippen LogP contribution in [0.4, 0.5) is 5.69 Å². The zero-order valence-corrected chi connectivity index (χ0v) is 8.11. The Morgan fingerprint density at radius 1 is 1.29 bits per heavy atom. The van der Waals surface area contributed by atoms with Crippen molar-refractivity contribution in [3.05, 3.63) is 29.6 Å². The molecular formula is C10H11N3O. The molecule has 0 aliphatic heterocycles. The third kappa shape index (κ3) is 1.46. The fourth-order valence-corrected chi connectivity index (χ4v) is 1.22. The molecule has 0 aliphatic rings. The molecule has 1 aromatic carbocycles. The van der Waals surface area contributed by atoms with E-state index < -0.39 is 0 Å². The van der Waals surface area contributed by atoms with Crippen LogP contribution >= 0.6 is 0 Å². The van der Waals surface area contributed by atoms with E-state index in [9.17, 15) is 0 Å². The molecular weight excluding hydrogens is 178 g/mol. The van der Waals surface area contributed by atoms with Crippen LogP contribution in [-0.2, 0) is 0 Å². The molecule has 4 heteroatoms. The summed E-state index contributed by atoms with van der Waals surface area (Å²) in [6.45, 7) is 3.74. The average molecular weight is 189 g/mol. The van der Waals surface area contributed by atoms with E-state index in [0.29, 0.717) is 11.7 Å². The summed E-state index contributed by atoms with van der Waals surface area (Å²) < 4.78 is 5.04. The van der Waals surface area contributed by atoms with Crippen LogP contribution in [0.25, 0.3) is 11.5 Å². The van der Waals surface area contributed by atoms with Crippen molar-refractivity contribution in [1.29, 1.82) is 0 Å². The van der Waals surface area contributed by atoms with Crippen LogP contribution < -0.4 is 5.73 Å². The number of nitrogen functional groups attached to an aromatic ring is 1. The topological polar surface area (TPSA) is 64.9 Å². The van der Waals surface area contributed by atoms with Gasteiger partial charge in [0.15, 0.2) is 5.82 Å². The number of anilines is 1. The van der Waals surface area contributed by atoms with Crippen molar-refractivity contribution < 1.29 is 4.52 Å². The number of benzene rings is 1. The van der Waals surface area contributed by atoms with Gasteiger partial charge in [-0.25, -0.2) is 0 Å². The Morgan fingerprint density at radius 2 is 2.07 bits per heavy atom. The van der Waals surface area contributed by atoms with E-state index in [1.54, 1.807) is 6.92 Å². The summed E-state index contributed by atoms with van der Waals surface area (Å²) in [5.74, 6) is 1.17. The summed E-state index contributed by atoms with van der Waals surface area (Å²) in [5, 5.41) is 3.73. The molecule has 0 spiro atoms. The van der Waals surface area contributed by atoms with Gasteiger partial charge >= 0.3 is 0 Å². The summed E-state index contributed by atoms with van der Waals surface area (Å²) in [7, 11) is 0. The van der Waals surface area contributed by atoms with E-state index in [0.717, 1.165) is 16.8 Å². The minimum absolute atomic E-state index is 0.533. The molecule has 0 unspecified atom stereocenters. The molecule has 1 aromatic heterocycles. The van der Waals surface area contributed by atoms with Gasteiger partial charge in [0.1, 0.15) is 0 Å². The first-order valence-corrected chi connectivity index (χ1v) is 4.33. The van der Waals surface area contributed by atoms with Gasteiger partial charge in [0.05, 0.1) is 0 Å². The summed E-state index contributed by atoms with van der Waals surface area (Å²) >= 11 is 0. The summed E-state index contributed by atoms with van der Waals surface area (Å²) in [6, 6.07) is 5.64. The van der Waals surface area contributed by atoms with Crippen molar-refractivity contribution in [1.82, 2.24) is 10.1 Å². The van der Waals surface area contributed by atoms with Gasteiger partial charge < -0.3 is 10.3 Å². The highest BCUT2D eigenvalue weighted by atomic mass is 16.5. The zero-order chi connectivity index (χ0) is 10.1. The summed E-state index contributed by atoms with van der Waals surface area (Å²) in [4.78, 5) is 4.13. The zero-order valence-electron chi connectivity index (χ0n) is 8.11. The smallest absolute Gasteiger partial charge is 0.257 e. The second-order valence-electron chi connectivity index (χ2n) is 3.22. The highest BCUT2D eigenvalue weighted by Crippen LogP contribution is 2.21. The number of aryl methyl sites for hydroxylation is 2. The number of rotatable bonds is 1. The lowest BCUT2D eigenvalue weighted by molar-refractivity contribution is 0.425. The van der Waals surface area contributed by atoms with E-state index in [2.05, 4.69) is 10.1 Å². The largest absolute Gasteiger partial charge is 0.399 e. The molecule has 0 aliphatic carbocycles. The van der Waals surface area contributed by atoms with Crippen LogP contribution in [0.3, 0.4) is 0 Å². The Morgan fingerprint density at radius 3 is 2.64 bits per heavy atom. The van der Waals surface area contributed by atoms with Gasteiger partial charge in [0.2, 0.25) is 0 Å². The SMILES string of the molecule is Cc1noc(-c2ccc(N)c(C)c2)n1. The fraction of sp³-hybridized carbons (Fsp3) is 0.200. The van der Waals surface area contributed by atoms with E-state index in [4.69, 9.17) is 10.3 Å². The molecule has 2 rings (SSSR count). The lowest BCUT2D eigenvalue weighted by atomic mass is 10.1. The van der Waals surface area contributed by atoms with E-state index in [1.165, 1.54) is 0 Å². The van der Waals surface area contributed by atoms with Crippen molar-refractivity contribution in [2.75, 3.05) is 5.73 Å². The molecule has 72 valence electrons. The predicted molar refractivity (Wildman–Crippen MR) is 53.6 cm³/mol. The van der Waals surface area contributed by atoms with Crippen molar-refractivity contribution >= 4 is 5.69 Å². The predicted octanol–water partition coefficient (Wildman–Crippen LogP) is 1.94. The number of hydrogen-bond acceptors (Lipinski definition) is 4. The van der Waals surface area contributed by atoms with Gasteiger partial charge in [-0.15, -0.1) is 0 Å². The molecule has 0 atom stereocenters. The van der Waals surface area contributed by atoms with Crippen molar-refractivity contribution in [3.63, 3.8) is 0 Å². The number of aromatic nitrogens is 2. The minimum Gasteiger partial charge on any atom is -0.399 e. The molecule has 0 saturated heterocycles. The van der Waals surface area contributed by atoms with Gasteiger partial charge in [-0.2, -0.15) is 4.98 Å². The molecule has 2 N–H and O–H groups in total. The van der Waals surface area contributed by atoms with Crippen LogP contribution in [0, 0.1) is 13.8 Å². The standard InChI is InChI=1S/C10H11N3O/c1-6-5-8(3-4-9(6)11)10-12-7(2)13-14-10/h3-5H,11H2,1-2H3. The molecule has 14 heavy (non-hydrogen) atoms. The van der Waals surface area contributed by atoms with Gasteiger partial charge in [-0.3, -0.25) is 0 Å². The van der Waals surface area contributed by atoms with Crippen LogP contribution in [0.15, 0.2) is 22.7 Å². The molecule has 0 amide bonds. The first kappa shape index (κ1) is 8.74. The Hall–Kier alpha value is -1.84. The first-order valence-electron chi connectivity index (χ1n) is 4.33. The monoisotopic (exact) mass is 189 g/mol. The van der Waals surface area contributed by atoms with E-state index in [1.807, 2.05) is 25.1 Å². The Kier molecular flexibility index (Phi) is 1.96. The highest BCUT2D eigenvalue weighted by molar-refractivity contribution is 5.60. The van der Waals surface area contributed by atoms with E-state index in [-0.39, 0.29) is 0 Å². The van der Waals surface area contributed by atoms with Crippen LogP contribution in [-0.4, -0.2) is 10.1 Å². The van der Waals surface area contributed by atoms with Gasteiger partial charge in [0, 0.05) is 11.3 Å². The van der Waals surface area contributed by atoms with Crippen molar-refractivity contribution in [2.45, 2.75) is 13.8 Å². The van der Waals surface area contributed by atoms with Crippen LogP contribution in [0.2, 0.25) is 0 Å². The number of nitrogens with zero attached hydrogens (tertiary/aromatic N) is 2. The van der Waals surface area contributed by atoms with Crippen LogP contribution in [0.1, 0.15) is 11.4 Å². The molecule has 0 saturated carbocycles. The van der Waals surface area contributed by atoms with Crippen LogP contribution in [0.5, 0.6) is 0 Å². The number of nitrogens with two attached hydrogens (primary N) is 1. The van der Waals surface area contributed by atoms with Crippen molar-refractivity contribution in [2.24, 2.45) is 0 Å². The third-order valence-electron chi connectivity index (χ3n) is 2.04.